The summed E-state index contributed by atoms with van der Waals surface area (Å²) < 4.78 is 38.2. The molecular formula is C14H16F2N2O2. The number of benzene rings is 1. The summed E-state index contributed by atoms with van der Waals surface area (Å²) in [7, 11) is 0. The van der Waals surface area contributed by atoms with Crippen LogP contribution >= 0.6 is 0 Å². The number of halogens is 2. The van der Waals surface area contributed by atoms with Crippen LogP contribution in [0.4, 0.5) is 8.78 Å². The lowest BCUT2D eigenvalue weighted by molar-refractivity contribution is -0.107. The zero-order valence-electron chi connectivity index (χ0n) is 11.4. The van der Waals surface area contributed by atoms with E-state index in [-0.39, 0.29) is 23.9 Å². The molecule has 1 heterocycles. The Labute approximate surface area is 116 Å². The van der Waals surface area contributed by atoms with Gasteiger partial charge in [-0.3, -0.25) is 0 Å². The fourth-order valence-electron chi connectivity index (χ4n) is 2.10. The first-order valence-electron chi connectivity index (χ1n) is 6.32. The van der Waals surface area contributed by atoms with E-state index in [2.05, 4.69) is 5.32 Å². The maximum atomic E-state index is 13.6. The highest BCUT2D eigenvalue weighted by Crippen LogP contribution is 2.24. The number of nitrogens with zero attached hydrogens (tertiary/aromatic N) is 1. The summed E-state index contributed by atoms with van der Waals surface area (Å²) in [5.41, 5.74) is -0.419. The monoisotopic (exact) mass is 282 g/mol. The van der Waals surface area contributed by atoms with E-state index in [9.17, 15) is 8.78 Å². The van der Waals surface area contributed by atoms with E-state index in [0.717, 1.165) is 12.1 Å². The second-order valence-corrected chi connectivity index (χ2v) is 5.32. The first-order valence-corrected chi connectivity index (χ1v) is 6.32. The second kappa shape index (κ2) is 5.73. The van der Waals surface area contributed by atoms with Gasteiger partial charge in [0.25, 0.3) is 0 Å². The van der Waals surface area contributed by atoms with Crippen LogP contribution in [0, 0.1) is 23.0 Å². The Morgan fingerprint density at radius 1 is 1.45 bits per heavy atom. The Bertz CT molecular complexity index is 517. The normalized spacial score (nSPS) is 21.2. The molecule has 0 amide bonds. The van der Waals surface area contributed by atoms with E-state index in [0.29, 0.717) is 13.1 Å². The van der Waals surface area contributed by atoms with E-state index >= 15 is 0 Å². The summed E-state index contributed by atoms with van der Waals surface area (Å²) in [6.07, 6.45) is -0.284. The largest absolute Gasteiger partial charge is 0.485 e. The Morgan fingerprint density at radius 3 is 2.65 bits per heavy atom. The van der Waals surface area contributed by atoms with Crippen molar-refractivity contribution in [2.45, 2.75) is 25.6 Å². The molecule has 1 aliphatic rings. The Morgan fingerprint density at radius 2 is 2.10 bits per heavy atom. The smallest absolute Gasteiger partial charge is 0.190 e. The summed E-state index contributed by atoms with van der Waals surface area (Å²) in [6, 6.07) is 3.58. The van der Waals surface area contributed by atoms with Crippen molar-refractivity contribution < 1.29 is 18.3 Å². The summed E-state index contributed by atoms with van der Waals surface area (Å²) in [4.78, 5) is 0. The van der Waals surface area contributed by atoms with Crippen LogP contribution in [-0.2, 0) is 4.74 Å². The van der Waals surface area contributed by atoms with E-state index in [4.69, 9.17) is 14.7 Å². The van der Waals surface area contributed by atoms with E-state index in [1.54, 1.807) is 6.07 Å². The molecule has 1 fully saturated rings. The van der Waals surface area contributed by atoms with E-state index in [1.165, 1.54) is 0 Å². The molecule has 2 rings (SSSR count). The number of hydrogen-bond acceptors (Lipinski definition) is 4. The summed E-state index contributed by atoms with van der Waals surface area (Å²) in [5, 5.41) is 11.8. The molecule has 20 heavy (non-hydrogen) atoms. The SMILES string of the molecule is CC1(C)CNCC(COc2c(F)cc(C#N)cc2F)O1. The van der Waals surface area contributed by atoms with Crippen LogP contribution in [-0.4, -0.2) is 31.4 Å². The molecule has 0 bridgehead atoms. The summed E-state index contributed by atoms with van der Waals surface area (Å²) in [5.74, 6) is -2.25. The van der Waals surface area contributed by atoms with Gasteiger partial charge in [-0.05, 0) is 26.0 Å². The second-order valence-electron chi connectivity index (χ2n) is 5.32. The van der Waals surface area contributed by atoms with Gasteiger partial charge in [0.1, 0.15) is 12.7 Å². The molecule has 0 radical (unpaired) electrons. The molecule has 4 nitrogen and oxygen atoms in total. The van der Waals surface area contributed by atoms with E-state index in [1.807, 2.05) is 13.8 Å². The first kappa shape index (κ1) is 14.7. The standard InChI is InChI=1S/C14H16F2N2O2/c1-14(2)8-18-6-10(20-14)7-19-13-11(15)3-9(5-17)4-12(13)16/h3-4,10,18H,6-8H2,1-2H3. The van der Waals surface area contributed by atoms with Crippen molar-refractivity contribution in [1.82, 2.24) is 5.32 Å². The molecule has 1 unspecified atom stereocenters. The lowest BCUT2D eigenvalue weighted by Crippen LogP contribution is -2.52. The third kappa shape index (κ3) is 3.44. The minimum atomic E-state index is -0.885. The zero-order chi connectivity index (χ0) is 14.8. The Kier molecular flexibility index (Phi) is 4.21. The molecule has 1 saturated heterocycles. The van der Waals surface area contributed by atoms with Crippen LogP contribution in [0.5, 0.6) is 5.75 Å². The van der Waals surface area contributed by atoms with Gasteiger partial charge in [-0.1, -0.05) is 0 Å². The molecule has 1 atom stereocenters. The third-order valence-electron chi connectivity index (χ3n) is 2.95. The zero-order valence-corrected chi connectivity index (χ0v) is 11.4. The van der Waals surface area contributed by atoms with Gasteiger partial charge in [0, 0.05) is 13.1 Å². The highest BCUT2D eigenvalue weighted by molar-refractivity contribution is 5.37. The maximum absolute atomic E-state index is 13.6. The fraction of sp³-hybridized carbons (Fsp3) is 0.500. The molecule has 1 aliphatic heterocycles. The van der Waals surface area contributed by atoms with Crippen molar-refractivity contribution in [2.24, 2.45) is 0 Å². The number of ether oxygens (including phenoxy) is 2. The van der Waals surface area contributed by atoms with Gasteiger partial charge in [-0.25, -0.2) is 8.78 Å². The van der Waals surface area contributed by atoms with Crippen LogP contribution in [0.2, 0.25) is 0 Å². The number of nitrogens with one attached hydrogen (secondary N) is 1. The molecule has 0 aliphatic carbocycles. The quantitative estimate of drug-likeness (QED) is 0.921. The van der Waals surface area contributed by atoms with Crippen LogP contribution in [0.1, 0.15) is 19.4 Å². The van der Waals surface area contributed by atoms with Gasteiger partial charge in [-0.15, -0.1) is 0 Å². The molecular weight excluding hydrogens is 266 g/mol. The fourth-order valence-corrected chi connectivity index (χ4v) is 2.10. The molecule has 1 N–H and O–H groups in total. The van der Waals surface area contributed by atoms with Crippen LogP contribution < -0.4 is 10.1 Å². The topological polar surface area (TPSA) is 54.3 Å². The van der Waals surface area contributed by atoms with Gasteiger partial charge >= 0.3 is 0 Å². The van der Waals surface area contributed by atoms with Crippen LogP contribution in [0.3, 0.4) is 0 Å². The Balaban J connectivity index is 2.03. The molecule has 108 valence electrons. The van der Waals surface area contributed by atoms with E-state index < -0.39 is 17.4 Å². The van der Waals surface area contributed by atoms with Gasteiger partial charge < -0.3 is 14.8 Å². The molecule has 0 saturated carbocycles. The summed E-state index contributed by atoms with van der Waals surface area (Å²) in [6.45, 7) is 5.16. The highest BCUT2D eigenvalue weighted by Gasteiger charge is 2.29. The number of hydrogen-bond donors (Lipinski definition) is 1. The third-order valence-corrected chi connectivity index (χ3v) is 2.95. The van der Waals surface area contributed by atoms with Gasteiger partial charge in [0.05, 0.1) is 17.2 Å². The lowest BCUT2D eigenvalue weighted by atomic mass is 10.1. The predicted molar refractivity (Wildman–Crippen MR) is 68.4 cm³/mol. The highest BCUT2D eigenvalue weighted by atomic mass is 19.1. The number of rotatable bonds is 3. The molecule has 0 spiro atoms. The number of nitriles is 1. The van der Waals surface area contributed by atoms with Crippen LogP contribution in [0.15, 0.2) is 12.1 Å². The van der Waals surface area contributed by atoms with Crippen molar-refractivity contribution in [3.05, 3.63) is 29.3 Å². The van der Waals surface area contributed by atoms with Crippen molar-refractivity contribution >= 4 is 0 Å². The van der Waals surface area contributed by atoms with Gasteiger partial charge in [-0.2, -0.15) is 5.26 Å². The van der Waals surface area contributed by atoms with Crippen molar-refractivity contribution in [3.8, 4) is 11.8 Å². The average molecular weight is 282 g/mol. The molecule has 6 heteroatoms. The van der Waals surface area contributed by atoms with Gasteiger partial charge in [0.2, 0.25) is 0 Å². The van der Waals surface area contributed by atoms with Crippen molar-refractivity contribution in [2.75, 3.05) is 19.7 Å². The number of morpholine rings is 1. The van der Waals surface area contributed by atoms with Gasteiger partial charge in [0.15, 0.2) is 17.4 Å². The first-order chi connectivity index (χ1) is 9.41. The average Bonchev–Trinajstić information content (AvgIpc) is 2.36. The summed E-state index contributed by atoms with van der Waals surface area (Å²) >= 11 is 0. The minimum absolute atomic E-state index is 0.0379. The molecule has 1 aromatic carbocycles. The van der Waals surface area contributed by atoms with Crippen LogP contribution in [0.25, 0.3) is 0 Å². The lowest BCUT2D eigenvalue weighted by Gasteiger charge is -2.36. The predicted octanol–water partition coefficient (Wildman–Crippen LogP) is 1.98. The maximum Gasteiger partial charge on any atom is 0.190 e. The Hall–Kier alpha value is -1.71. The minimum Gasteiger partial charge on any atom is -0.485 e. The molecule has 0 aromatic heterocycles. The van der Waals surface area contributed by atoms with Crippen molar-refractivity contribution in [3.63, 3.8) is 0 Å². The molecule has 1 aromatic rings. The van der Waals surface area contributed by atoms with Crippen molar-refractivity contribution in [1.29, 1.82) is 5.26 Å².